The minimum Gasteiger partial charge on any atom is -0.495 e. The predicted octanol–water partition coefficient (Wildman–Crippen LogP) is 2.93. The molecule has 0 aliphatic heterocycles. The lowest BCUT2D eigenvalue weighted by atomic mass is 10.1. The molecule has 0 bridgehead atoms. The Morgan fingerprint density at radius 1 is 1.04 bits per heavy atom. The molecule has 0 spiro atoms. The van der Waals surface area contributed by atoms with Gasteiger partial charge in [-0.2, -0.15) is 4.72 Å². The highest BCUT2D eigenvalue weighted by molar-refractivity contribution is 7.89. The fraction of sp³-hybridized carbons (Fsp3) is 0.316. The number of amides is 1. The predicted molar refractivity (Wildman–Crippen MR) is 102 cm³/mol. The van der Waals surface area contributed by atoms with E-state index in [1.54, 1.807) is 19.1 Å². The summed E-state index contributed by atoms with van der Waals surface area (Å²) in [6.45, 7) is 7.09. The van der Waals surface area contributed by atoms with Gasteiger partial charge in [0.1, 0.15) is 10.6 Å². The highest BCUT2D eigenvalue weighted by Gasteiger charge is 2.25. The maximum absolute atomic E-state index is 12.7. The van der Waals surface area contributed by atoms with Crippen LogP contribution in [0.15, 0.2) is 41.3 Å². The second-order valence-corrected chi connectivity index (χ2v) is 7.99. The molecule has 0 aliphatic carbocycles. The molecule has 0 aliphatic rings. The van der Waals surface area contributed by atoms with Crippen molar-refractivity contribution in [3.63, 3.8) is 0 Å². The number of rotatable bonds is 6. The molecule has 2 rings (SSSR count). The van der Waals surface area contributed by atoms with Crippen LogP contribution in [0.25, 0.3) is 0 Å². The summed E-state index contributed by atoms with van der Waals surface area (Å²) in [5.41, 5.74) is 3.34. The lowest BCUT2D eigenvalue weighted by Crippen LogP contribution is -2.41. The minimum absolute atomic E-state index is 0.00591. The molecule has 0 heterocycles. The number of methoxy groups -OCH3 is 1. The molecule has 0 saturated heterocycles. The molecular weight excluding hydrogens is 352 g/mol. The van der Waals surface area contributed by atoms with E-state index in [4.69, 9.17) is 4.74 Å². The van der Waals surface area contributed by atoms with Gasteiger partial charge in [0.25, 0.3) is 0 Å². The van der Waals surface area contributed by atoms with Crippen molar-refractivity contribution in [3.05, 3.63) is 53.1 Å². The van der Waals surface area contributed by atoms with Crippen molar-refractivity contribution >= 4 is 21.6 Å². The van der Waals surface area contributed by atoms with Crippen molar-refractivity contribution < 1.29 is 17.9 Å². The first kappa shape index (κ1) is 19.9. The molecule has 0 fully saturated rings. The Morgan fingerprint density at radius 2 is 1.65 bits per heavy atom. The van der Waals surface area contributed by atoms with Gasteiger partial charge in [-0.1, -0.05) is 18.2 Å². The van der Waals surface area contributed by atoms with Gasteiger partial charge in [0.2, 0.25) is 15.9 Å². The van der Waals surface area contributed by atoms with Gasteiger partial charge >= 0.3 is 0 Å². The first-order valence-electron chi connectivity index (χ1n) is 8.19. The summed E-state index contributed by atoms with van der Waals surface area (Å²) in [5.74, 6) is -0.209. The number of sulfonamides is 1. The Morgan fingerprint density at radius 3 is 2.31 bits per heavy atom. The number of hydrogen-bond acceptors (Lipinski definition) is 4. The first-order chi connectivity index (χ1) is 12.1. The summed E-state index contributed by atoms with van der Waals surface area (Å²) in [7, 11) is -2.51. The molecular formula is C19H24N2O4S. The molecule has 7 heteroatoms. The molecule has 2 aromatic carbocycles. The summed E-state index contributed by atoms with van der Waals surface area (Å²) in [6.07, 6.45) is 0. The van der Waals surface area contributed by atoms with E-state index in [1.165, 1.54) is 20.1 Å². The maximum Gasteiger partial charge on any atom is 0.244 e. The number of aryl methyl sites for hydroxylation is 3. The van der Waals surface area contributed by atoms with E-state index in [0.29, 0.717) is 5.69 Å². The molecule has 0 aromatic heterocycles. The smallest absolute Gasteiger partial charge is 0.244 e. The normalized spacial score (nSPS) is 12.5. The Labute approximate surface area is 154 Å². The number of benzene rings is 2. The van der Waals surface area contributed by atoms with Crippen LogP contribution in [0.4, 0.5) is 5.69 Å². The van der Waals surface area contributed by atoms with Crippen LogP contribution in [0.1, 0.15) is 23.6 Å². The van der Waals surface area contributed by atoms with Crippen LogP contribution in [-0.4, -0.2) is 27.5 Å². The third kappa shape index (κ3) is 4.62. The van der Waals surface area contributed by atoms with Crippen molar-refractivity contribution in [1.29, 1.82) is 0 Å². The van der Waals surface area contributed by atoms with Gasteiger partial charge in [-0.05, 0) is 62.6 Å². The van der Waals surface area contributed by atoms with Gasteiger partial charge < -0.3 is 10.1 Å². The van der Waals surface area contributed by atoms with E-state index < -0.39 is 22.0 Å². The fourth-order valence-corrected chi connectivity index (χ4v) is 3.91. The summed E-state index contributed by atoms with van der Waals surface area (Å²) < 4.78 is 32.9. The topological polar surface area (TPSA) is 84.5 Å². The van der Waals surface area contributed by atoms with Gasteiger partial charge in [0.05, 0.1) is 13.2 Å². The number of nitrogens with one attached hydrogen (secondary N) is 2. The lowest BCUT2D eigenvalue weighted by molar-refractivity contribution is -0.117. The average Bonchev–Trinajstić information content (AvgIpc) is 2.57. The summed E-state index contributed by atoms with van der Waals surface area (Å²) in [6, 6.07) is 9.59. The Balaban J connectivity index is 2.20. The monoisotopic (exact) mass is 376 g/mol. The van der Waals surface area contributed by atoms with Crippen LogP contribution in [0.2, 0.25) is 0 Å². The van der Waals surface area contributed by atoms with Crippen LogP contribution in [0.3, 0.4) is 0 Å². The van der Waals surface area contributed by atoms with Gasteiger partial charge in [-0.15, -0.1) is 0 Å². The molecule has 1 atom stereocenters. The zero-order chi connectivity index (χ0) is 19.5. The van der Waals surface area contributed by atoms with Crippen LogP contribution >= 0.6 is 0 Å². The van der Waals surface area contributed by atoms with E-state index in [9.17, 15) is 13.2 Å². The van der Waals surface area contributed by atoms with Crippen molar-refractivity contribution in [2.75, 3.05) is 12.4 Å². The molecule has 1 amide bonds. The summed E-state index contributed by atoms with van der Waals surface area (Å²) >= 11 is 0. The largest absolute Gasteiger partial charge is 0.495 e. The molecule has 6 nitrogen and oxygen atoms in total. The summed E-state index contributed by atoms with van der Waals surface area (Å²) in [5, 5.41) is 2.77. The summed E-state index contributed by atoms with van der Waals surface area (Å²) in [4.78, 5) is 12.4. The van der Waals surface area contributed by atoms with E-state index in [2.05, 4.69) is 10.0 Å². The quantitative estimate of drug-likeness (QED) is 0.812. The van der Waals surface area contributed by atoms with Crippen LogP contribution in [0.5, 0.6) is 5.75 Å². The zero-order valence-electron chi connectivity index (χ0n) is 15.6. The highest BCUT2D eigenvalue weighted by atomic mass is 32.2. The number of carbonyl (C=O) groups is 1. The number of ether oxygens (including phenoxy) is 1. The van der Waals surface area contributed by atoms with Crippen molar-refractivity contribution in [1.82, 2.24) is 4.72 Å². The Kier molecular flexibility index (Phi) is 6.05. The van der Waals surface area contributed by atoms with Crippen LogP contribution in [0, 0.1) is 20.8 Å². The molecule has 0 unspecified atom stereocenters. The molecule has 2 N–H and O–H groups in total. The van der Waals surface area contributed by atoms with E-state index in [-0.39, 0.29) is 10.6 Å². The fourth-order valence-electron chi connectivity index (χ4n) is 2.46. The zero-order valence-corrected chi connectivity index (χ0v) is 16.4. The van der Waals surface area contributed by atoms with Gasteiger partial charge in [0, 0.05) is 5.69 Å². The van der Waals surface area contributed by atoms with E-state index in [0.717, 1.165) is 16.7 Å². The van der Waals surface area contributed by atoms with Crippen molar-refractivity contribution in [2.45, 2.75) is 38.6 Å². The maximum atomic E-state index is 12.7. The molecule has 0 radical (unpaired) electrons. The number of hydrogen-bond donors (Lipinski definition) is 2. The van der Waals surface area contributed by atoms with Crippen molar-refractivity contribution in [3.8, 4) is 5.75 Å². The third-order valence-corrected chi connectivity index (χ3v) is 5.55. The Bertz CT molecular complexity index is 923. The minimum atomic E-state index is -3.92. The van der Waals surface area contributed by atoms with E-state index in [1.807, 2.05) is 32.0 Å². The average molecular weight is 376 g/mol. The molecule has 140 valence electrons. The highest BCUT2D eigenvalue weighted by Crippen LogP contribution is 2.25. The molecule has 26 heavy (non-hydrogen) atoms. The SMILES string of the molecule is COc1ccc(C)cc1S(=O)(=O)N[C@H](C)C(=O)Nc1cc(C)ccc1C. The molecule has 2 aromatic rings. The first-order valence-corrected chi connectivity index (χ1v) is 9.67. The lowest BCUT2D eigenvalue weighted by Gasteiger charge is -2.17. The van der Waals surface area contributed by atoms with Crippen LogP contribution in [-0.2, 0) is 14.8 Å². The second-order valence-electron chi connectivity index (χ2n) is 6.30. The van der Waals surface area contributed by atoms with Crippen LogP contribution < -0.4 is 14.8 Å². The third-order valence-electron chi connectivity index (χ3n) is 3.98. The van der Waals surface area contributed by atoms with Gasteiger partial charge in [-0.25, -0.2) is 8.42 Å². The van der Waals surface area contributed by atoms with Crippen molar-refractivity contribution in [2.24, 2.45) is 0 Å². The standard InChI is InChI=1S/C19H24N2O4S/c1-12-6-8-14(3)16(10-12)20-19(22)15(4)21-26(23,24)18-11-13(2)7-9-17(18)25-5/h6-11,15,21H,1-5H3,(H,20,22)/t15-/m1/s1. The van der Waals surface area contributed by atoms with E-state index >= 15 is 0 Å². The second kappa shape index (κ2) is 7.88. The number of carbonyl (C=O) groups excluding carboxylic acids is 1. The van der Waals surface area contributed by atoms with Gasteiger partial charge in [0.15, 0.2) is 0 Å². The Hall–Kier alpha value is -2.38. The van der Waals surface area contributed by atoms with Gasteiger partial charge in [-0.3, -0.25) is 4.79 Å². The number of anilines is 1. The molecule has 0 saturated carbocycles.